The first-order chi connectivity index (χ1) is 15.2. The van der Waals surface area contributed by atoms with Gasteiger partial charge in [-0.1, -0.05) is 11.8 Å². The molecule has 0 radical (unpaired) electrons. The molecule has 168 valence electrons. The van der Waals surface area contributed by atoms with Crippen molar-refractivity contribution in [2.24, 2.45) is 0 Å². The second kappa shape index (κ2) is 11.2. The molecule has 0 unspecified atom stereocenters. The highest BCUT2D eigenvalue weighted by molar-refractivity contribution is 7.99. The summed E-state index contributed by atoms with van der Waals surface area (Å²) in [4.78, 5) is 14.5. The highest BCUT2D eigenvalue weighted by Gasteiger charge is 2.24. The van der Waals surface area contributed by atoms with Crippen LogP contribution < -0.4 is 9.47 Å². The highest BCUT2D eigenvalue weighted by Crippen LogP contribution is 2.30. The summed E-state index contributed by atoms with van der Waals surface area (Å²) in [6, 6.07) is 8.13. The van der Waals surface area contributed by atoms with E-state index < -0.39 is 0 Å². The Morgan fingerprint density at radius 2 is 1.87 bits per heavy atom. The zero-order valence-corrected chi connectivity index (χ0v) is 19.6. The molecule has 2 aliphatic rings. The number of piperidine rings is 1. The molecule has 1 aromatic heterocycles. The molecular weight excluding hydrogens is 408 g/mol. The fourth-order valence-electron chi connectivity index (χ4n) is 4.61. The summed E-state index contributed by atoms with van der Waals surface area (Å²) in [6.45, 7) is 6.60. The molecule has 0 bridgehead atoms. The monoisotopic (exact) mass is 442 g/mol. The lowest BCUT2D eigenvalue weighted by Gasteiger charge is -2.32. The van der Waals surface area contributed by atoms with E-state index in [-0.39, 0.29) is 0 Å². The van der Waals surface area contributed by atoms with Gasteiger partial charge >= 0.3 is 0 Å². The summed E-state index contributed by atoms with van der Waals surface area (Å²) >= 11 is 1.79. The first kappa shape index (κ1) is 22.4. The predicted octanol–water partition coefficient (Wildman–Crippen LogP) is 4.06. The molecule has 2 aliphatic heterocycles. The number of likely N-dealkylation sites (tertiary alicyclic amines) is 2. The van der Waals surface area contributed by atoms with E-state index in [1.165, 1.54) is 50.0 Å². The van der Waals surface area contributed by atoms with E-state index in [0.717, 1.165) is 48.6 Å². The molecule has 2 fully saturated rings. The Labute approximate surface area is 190 Å². The van der Waals surface area contributed by atoms with Crippen LogP contribution in [0.2, 0.25) is 0 Å². The van der Waals surface area contributed by atoms with Crippen LogP contribution in [-0.2, 0) is 6.54 Å². The Morgan fingerprint density at radius 3 is 2.68 bits per heavy atom. The molecule has 0 aliphatic carbocycles. The number of hydrogen-bond donors (Lipinski definition) is 0. The van der Waals surface area contributed by atoms with Gasteiger partial charge in [0, 0.05) is 48.8 Å². The largest absolute Gasteiger partial charge is 0.497 e. The summed E-state index contributed by atoms with van der Waals surface area (Å²) in [5.41, 5.74) is 2.35. The van der Waals surface area contributed by atoms with Crippen LogP contribution in [0.1, 0.15) is 42.9 Å². The molecule has 0 amide bonds. The number of nitrogens with zero attached hydrogens (tertiary/aromatic N) is 4. The van der Waals surface area contributed by atoms with E-state index in [2.05, 4.69) is 26.9 Å². The molecule has 2 saturated heterocycles. The Morgan fingerprint density at radius 1 is 1.03 bits per heavy atom. The maximum Gasteiger partial charge on any atom is 0.187 e. The topological polar surface area (TPSA) is 50.7 Å². The standard InChI is InChI=1S/C24H34N4O2S/c1-29-21-7-8-23(30-2)20(16-21)18-28-13-5-6-19(17-28)22-9-10-25-24(26-22)31-15-14-27-11-3-4-12-27/h7-10,16,19H,3-6,11-15,17-18H2,1-2H3/t19-/m1/s1. The number of rotatable bonds is 9. The van der Waals surface area contributed by atoms with E-state index in [4.69, 9.17) is 14.5 Å². The molecule has 0 saturated carbocycles. The third-order valence-corrected chi connectivity index (χ3v) is 7.14. The first-order valence-electron chi connectivity index (χ1n) is 11.4. The second-order valence-electron chi connectivity index (χ2n) is 8.41. The number of ether oxygens (including phenoxy) is 2. The SMILES string of the molecule is COc1ccc(OC)c(CN2CCC[C@@H](c3ccnc(SCCN4CCCC4)n3)C2)c1. The van der Waals surface area contributed by atoms with Crippen LogP contribution in [0.15, 0.2) is 35.6 Å². The van der Waals surface area contributed by atoms with E-state index >= 15 is 0 Å². The van der Waals surface area contributed by atoms with E-state index in [1.54, 1.807) is 26.0 Å². The maximum absolute atomic E-state index is 5.58. The van der Waals surface area contributed by atoms with Crippen LogP contribution in [0.3, 0.4) is 0 Å². The smallest absolute Gasteiger partial charge is 0.187 e. The first-order valence-corrected chi connectivity index (χ1v) is 12.3. The van der Waals surface area contributed by atoms with Gasteiger partial charge in [0.2, 0.25) is 0 Å². The van der Waals surface area contributed by atoms with Crippen LogP contribution in [0.4, 0.5) is 0 Å². The Hall–Kier alpha value is -1.83. The zero-order valence-electron chi connectivity index (χ0n) is 18.8. The van der Waals surface area contributed by atoms with Gasteiger partial charge in [0.1, 0.15) is 11.5 Å². The molecule has 4 rings (SSSR count). The van der Waals surface area contributed by atoms with Gasteiger partial charge in [0.25, 0.3) is 0 Å². The zero-order chi connectivity index (χ0) is 21.5. The second-order valence-corrected chi connectivity index (χ2v) is 9.48. The van der Waals surface area contributed by atoms with Crippen molar-refractivity contribution in [2.75, 3.05) is 52.7 Å². The molecule has 31 heavy (non-hydrogen) atoms. The van der Waals surface area contributed by atoms with Gasteiger partial charge in [-0.25, -0.2) is 9.97 Å². The van der Waals surface area contributed by atoms with Crippen LogP contribution >= 0.6 is 11.8 Å². The summed E-state index contributed by atoms with van der Waals surface area (Å²) in [7, 11) is 3.44. The maximum atomic E-state index is 5.58. The summed E-state index contributed by atoms with van der Waals surface area (Å²) in [6.07, 6.45) is 6.98. The molecule has 2 aromatic rings. The van der Waals surface area contributed by atoms with E-state index in [9.17, 15) is 0 Å². The van der Waals surface area contributed by atoms with Crippen LogP contribution in [-0.4, -0.2) is 72.5 Å². The van der Waals surface area contributed by atoms with Gasteiger partial charge in [0.15, 0.2) is 5.16 Å². The van der Waals surface area contributed by atoms with Gasteiger partial charge in [-0.05, 0) is 69.6 Å². The summed E-state index contributed by atoms with van der Waals surface area (Å²) in [5.74, 6) is 3.30. The van der Waals surface area contributed by atoms with Crippen molar-refractivity contribution >= 4 is 11.8 Å². The molecule has 0 N–H and O–H groups in total. The third-order valence-electron chi connectivity index (χ3n) is 6.30. The van der Waals surface area contributed by atoms with Crippen LogP contribution in [0.5, 0.6) is 11.5 Å². The minimum Gasteiger partial charge on any atom is -0.497 e. The minimum absolute atomic E-state index is 0.450. The van der Waals surface area contributed by atoms with Crippen molar-refractivity contribution in [3.63, 3.8) is 0 Å². The summed E-state index contributed by atoms with van der Waals surface area (Å²) in [5, 5.41) is 0.920. The van der Waals surface area contributed by atoms with Gasteiger partial charge in [-0.15, -0.1) is 0 Å². The number of aromatic nitrogens is 2. The normalized spacial score (nSPS) is 20.1. The fourth-order valence-corrected chi connectivity index (χ4v) is 5.45. The van der Waals surface area contributed by atoms with Gasteiger partial charge in [-0.3, -0.25) is 4.90 Å². The van der Waals surface area contributed by atoms with Crippen LogP contribution in [0.25, 0.3) is 0 Å². The molecule has 6 nitrogen and oxygen atoms in total. The lowest BCUT2D eigenvalue weighted by Crippen LogP contribution is -2.34. The van der Waals surface area contributed by atoms with Crippen LogP contribution in [0, 0.1) is 0 Å². The number of hydrogen-bond acceptors (Lipinski definition) is 7. The van der Waals surface area contributed by atoms with Crippen molar-refractivity contribution in [1.29, 1.82) is 0 Å². The molecule has 3 heterocycles. The molecule has 1 atom stereocenters. The fraction of sp³-hybridized carbons (Fsp3) is 0.583. The average Bonchev–Trinajstić information content (AvgIpc) is 3.33. The number of benzene rings is 1. The van der Waals surface area contributed by atoms with Crippen molar-refractivity contribution in [2.45, 2.75) is 43.3 Å². The van der Waals surface area contributed by atoms with Crippen molar-refractivity contribution < 1.29 is 9.47 Å². The van der Waals surface area contributed by atoms with Gasteiger partial charge < -0.3 is 14.4 Å². The Balaban J connectivity index is 1.36. The molecule has 0 spiro atoms. The lowest BCUT2D eigenvalue weighted by molar-refractivity contribution is 0.195. The summed E-state index contributed by atoms with van der Waals surface area (Å²) < 4.78 is 11.0. The highest BCUT2D eigenvalue weighted by atomic mass is 32.2. The van der Waals surface area contributed by atoms with Crippen molar-refractivity contribution in [3.05, 3.63) is 41.7 Å². The Bertz CT molecular complexity index is 844. The average molecular weight is 443 g/mol. The lowest BCUT2D eigenvalue weighted by atomic mass is 9.94. The molecule has 1 aromatic carbocycles. The van der Waals surface area contributed by atoms with E-state index in [1.807, 2.05) is 18.3 Å². The van der Waals surface area contributed by atoms with E-state index in [0.29, 0.717) is 5.92 Å². The van der Waals surface area contributed by atoms with Gasteiger partial charge in [-0.2, -0.15) is 0 Å². The predicted molar refractivity (Wildman–Crippen MR) is 125 cm³/mol. The Kier molecular flexibility index (Phi) is 8.05. The quantitative estimate of drug-likeness (QED) is 0.429. The molecular formula is C24H34N4O2S. The minimum atomic E-state index is 0.450. The third kappa shape index (κ3) is 6.11. The van der Waals surface area contributed by atoms with Crippen molar-refractivity contribution in [3.8, 4) is 11.5 Å². The van der Waals surface area contributed by atoms with Gasteiger partial charge in [0.05, 0.1) is 14.2 Å². The number of methoxy groups -OCH3 is 2. The number of thioether (sulfide) groups is 1. The van der Waals surface area contributed by atoms with Crippen molar-refractivity contribution in [1.82, 2.24) is 19.8 Å². The molecule has 7 heteroatoms.